The molecule has 5 unspecified atom stereocenters. The first-order valence-corrected chi connectivity index (χ1v) is 6.74. The number of hydrogen-bond donors (Lipinski definition) is 0. The molecule has 2 fully saturated rings. The molecule has 0 aromatic heterocycles. The van der Waals surface area contributed by atoms with Gasteiger partial charge in [-0.1, -0.05) is 46.5 Å². The number of hydrogen-bond acceptors (Lipinski definition) is 0. The summed E-state index contributed by atoms with van der Waals surface area (Å²) in [4.78, 5) is 0. The summed E-state index contributed by atoms with van der Waals surface area (Å²) in [7, 11) is 0. The third kappa shape index (κ3) is 1.73. The Morgan fingerprint density at radius 1 is 1.07 bits per heavy atom. The monoisotopic (exact) mass is 194 g/mol. The molecule has 2 aliphatic rings. The maximum atomic E-state index is 2.50. The lowest BCUT2D eigenvalue weighted by atomic mass is 9.83. The SMILES string of the molecule is CCCCC1CC(C)C2CCC(C)C12. The lowest BCUT2D eigenvalue weighted by Gasteiger charge is -2.22. The van der Waals surface area contributed by atoms with E-state index in [1.807, 2.05) is 0 Å². The molecule has 0 heterocycles. The molecule has 0 saturated heterocycles. The van der Waals surface area contributed by atoms with Gasteiger partial charge in [-0.2, -0.15) is 0 Å². The summed E-state index contributed by atoms with van der Waals surface area (Å²) in [6, 6.07) is 0. The van der Waals surface area contributed by atoms with Crippen molar-refractivity contribution in [3.05, 3.63) is 0 Å². The van der Waals surface area contributed by atoms with Gasteiger partial charge in [-0.05, 0) is 42.4 Å². The molecule has 0 aliphatic heterocycles. The van der Waals surface area contributed by atoms with Crippen LogP contribution in [0.1, 0.15) is 59.3 Å². The largest absolute Gasteiger partial charge is 0.0654 e. The summed E-state index contributed by atoms with van der Waals surface area (Å²) in [5, 5.41) is 0. The van der Waals surface area contributed by atoms with Gasteiger partial charge in [0.2, 0.25) is 0 Å². The maximum Gasteiger partial charge on any atom is -0.0329 e. The average molecular weight is 194 g/mol. The summed E-state index contributed by atoms with van der Waals surface area (Å²) >= 11 is 0. The maximum absolute atomic E-state index is 2.50. The molecule has 0 aromatic rings. The van der Waals surface area contributed by atoms with Crippen molar-refractivity contribution in [2.24, 2.45) is 29.6 Å². The minimum Gasteiger partial charge on any atom is -0.0654 e. The smallest absolute Gasteiger partial charge is 0.0329 e. The molecular weight excluding hydrogens is 168 g/mol. The second-order valence-corrected chi connectivity index (χ2v) is 5.91. The molecular formula is C14H26. The summed E-state index contributed by atoms with van der Waals surface area (Å²) in [6.07, 6.45) is 8.97. The highest BCUT2D eigenvalue weighted by atomic mass is 14.5. The molecule has 0 radical (unpaired) electrons. The van der Waals surface area contributed by atoms with E-state index in [1.54, 1.807) is 6.42 Å². The summed E-state index contributed by atoms with van der Waals surface area (Å²) in [5.41, 5.74) is 0. The molecule has 5 atom stereocenters. The van der Waals surface area contributed by atoms with Crippen molar-refractivity contribution in [1.29, 1.82) is 0 Å². The number of unbranched alkanes of at least 4 members (excludes halogenated alkanes) is 1. The van der Waals surface area contributed by atoms with E-state index in [0.717, 1.165) is 29.6 Å². The number of fused-ring (bicyclic) bond motifs is 1. The first-order chi connectivity index (χ1) is 6.74. The predicted octanol–water partition coefficient (Wildman–Crippen LogP) is 4.49. The summed E-state index contributed by atoms with van der Waals surface area (Å²) in [5.74, 6) is 5.37. The van der Waals surface area contributed by atoms with Gasteiger partial charge in [-0.25, -0.2) is 0 Å². The molecule has 0 aromatic carbocycles. The predicted molar refractivity (Wildman–Crippen MR) is 62.2 cm³/mol. The van der Waals surface area contributed by atoms with Crippen molar-refractivity contribution in [2.75, 3.05) is 0 Å². The minimum atomic E-state index is 1.03. The Morgan fingerprint density at radius 3 is 2.57 bits per heavy atom. The Labute approximate surface area is 89.5 Å². The Bertz CT molecular complexity index is 184. The third-order valence-corrected chi connectivity index (χ3v) is 4.99. The zero-order chi connectivity index (χ0) is 10.1. The molecule has 2 saturated carbocycles. The van der Waals surface area contributed by atoms with Crippen LogP contribution in [0, 0.1) is 29.6 Å². The molecule has 2 rings (SSSR count). The van der Waals surface area contributed by atoms with Crippen molar-refractivity contribution in [3.8, 4) is 0 Å². The van der Waals surface area contributed by atoms with Crippen LogP contribution in [0.2, 0.25) is 0 Å². The van der Waals surface area contributed by atoms with Crippen molar-refractivity contribution < 1.29 is 0 Å². The van der Waals surface area contributed by atoms with Crippen LogP contribution >= 0.6 is 0 Å². The van der Waals surface area contributed by atoms with Gasteiger partial charge in [0.1, 0.15) is 0 Å². The van der Waals surface area contributed by atoms with E-state index in [1.165, 1.54) is 32.1 Å². The zero-order valence-corrected chi connectivity index (χ0v) is 10.1. The van der Waals surface area contributed by atoms with Crippen LogP contribution in [-0.2, 0) is 0 Å². The van der Waals surface area contributed by atoms with Crippen LogP contribution in [-0.4, -0.2) is 0 Å². The third-order valence-electron chi connectivity index (χ3n) is 4.99. The van der Waals surface area contributed by atoms with Crippen molar-refractivity contribution in [1.82, 2.24) is 0 Å². The Morgan fingerprint density at radius 2 is 1.86 bits per heavy atom. The van der Waals surface area contributed by atoms with Crippen LogP contribution in [0.25, 0.3) is 0 Å². The van der Waals surface area contributed by atoms with E-state index in [2.05, 4.69) is 20.8 Å². The van der Waals surface area contributed by atoms with Crippen molar-refractivity contribution in [3.63, 3.8) is 0 Å². The van der Waals surface area contributed by atoms with Crippen LogP contribution in [0.15, 0.2) is 0 Å². The van der Waals surface area contributed by atoms with Gasteiger partial charge in [-0.15, -0.1) is 0 Å². The lowest BCUT2D eigenvalue weighted by Crippen LogP contribution is -2.16. The Hall–Kier alpha value is 0. The Balaban J connectivity index is 1.97. The first-order valence-electron chi connectivity index (χ1n) is 6.74. The minimum absolute atomic E-state index is 1.03. The van der Waals surface area contributed by atoms with Gasteiger partial charge in [0.25, 0.3) is 0 Å². The van der Waals surface area contributed by atoms with Gasteiger partial charge in [0.05, 0.1) is 0 Å². The fraction of sp³-hybridized carbons (Fsp3) is 1.00. The first kappa shape index (κ1) is 10.5. The average Bonchev–Trinajstić information content (AvgIpc) is 2.67. The second kappa shape index (κ2) is 4.24. The highest BCUT2D eigenvalue weighted by Crippen LogP contribution is 2.54. The van der Waals surface area contributed by atoms with Crippen molar-refractivity contribution >= 4 is 0 Å². The molecule has 0 spiro atoms. The summed E-state index contributed by atoms with van der Waals surface area (Å²) < 4.78 is 0. The summed E-state index contributed by atoms with van der Waals surface area (Å²) in [6.45, 7) is 7.33. The molecule has 0 bridgehead atoms. The van der Waals surface area contributed by atoms with E-state index in [9.17, 15) is 0 Å². The van der Waals surface area contributed by atoms with E-state index in [4.69, 9.17) is 0 Å². The van der Waals surface area contributed by atoms with E-state index in [-0.39, 0.29) is 0 Å². The number of rotatable bonds is 3. The van der Waals surface area contributed by atoms with E-state index >= 15 is 0 Å². The molecule has 14 heavy (non-hydrogen) atoms. The molecule has 0 amide bonds. The van der Waals surface area contributed by atoms with Crippen LogP contribution in [0.4, 0.5) is 0 Å². The lowest BCUT2D eigenvalue weighted by molar-refractivity contribution is 0.263. The van der Waals surface area contributed by atoms with E-state index < -0.39 is 0 Å². The van der Waals surface area contributed by atoms with Crippen LogP contribution in [0.5, 0.6) is 0 Å². The highest BCUT2D eigenvalue weighted by molar-refractivity contribution is 4.95. The second-order valence-electron chi connectivity index (χ2n) is 5.91. The normalized spacial score (nSPS) is 46.9. The zero-order valence-electron chi connectivity index (χ0n) is 10.1. The van der Waals surface area contributed by atoms with Gasteiger partial charge >= 0.3 is 0 Å². The molecule has 0 nitrogen and oxygen atoms in total. The fourth-order valence-electron chi connectivity index (χ4n) is 4.33. The molecule has 0 heteroatoms. The van der Waals surface area contributed by atoms with Crippen LogP contribution < -0.4 is 0 Å². The van der Waals surface area contributed by atoms with Gasteiger partial charge in [0.15, 0.2) is 0 Å². The van der Waals surface area contributed by atoms with E-state index in [0.29, 0.717) is 0 Å². The molecule has 0 N–H and O–H groups in total. The Kier molecular flexibility index (Phi) is 3.19. The highest BCUT2D eigenvalue weighted by Gasteiger charge is 2.46. The quantitative estimate of drug-likeness (QED) is 0.621. The fourth-order valence-corrected chi connectivity index (χ4v) is 4.33. The van der Waals surface area contributed by atoms with Crippen molar-refractivity contribution in [2.45, 2.75) is 59.3 Å². The van der Waals surface area contributed by atoms with Gasteiger partial charge in [-0.3, -0.25) is 0 Å². The van der Waals surface area contributed by atoms with Crippen LogP contribution in [0.3, 0.4) is 0 Å². The van der Waals surface area contributed by atoms with Gasteiger partial charge in [0, 0.05) is 0 Å². The molecule has 82 valence electrons. The van der Waals surface area contributed by atoms with Gasteiger partial charge < -0.3 is 0 Å². The topological polar surface area (TPSA) is 0 Å². The standard InChI is InChI=1S/C14H26/c1-4-5-6-12-9-11(3)13-8-7-10(2)14(12)13/h10-14H,4-9H2,1-3H3. The molecule has 2 aliphatic carbocycles.